The minimum Gasteiger partial charge on any atom is -0.368 e. The third kappa shape index (κ3) is 1.12. The predicted octanol–water partition coefficient (Wildman–Crippen LogP) is 0.449. The van der Waals surface area contributed by atoms with E-state index in [4.69, 9.17) is 5.73 Å². The molecule has 0 aliphatic carbocycles. The fourth-order valence-electron chi connectivity index (χ4n) is 0.891. The van der Waals surface area contributed by atoms with Crippen molar-refractivity contribution in [2.75, 3.05) is 5.73 Å². The van der Waals surface area contributed by atoms with E-state index >= 15 is 0 Å². The molecule has 0 aromatic carbocycles. The number of nitrogens with one attached hydrogen (secondary N) is 1. The summed E-state index contributed by atoms with van der Waals surface area (Å²) < 4.78 is 0. The Morgan fingerprint density at radius 3 is 2.50 bits per heavy atom. The number of anilines is 1. The molecule has 12 heavy (non-hydrogen) atoms. The fraction of sp³-hybridized carbons (Fsp3) is 0. The smallest absolute Gasteiger partial charge is 0.219 e. The molecule has 0 spiro atoms. The molecule has 0 saturated heterocycles. The Hall–Kier alpha value is -1.91. The van der Waals surface area contributed by atoms with Crippen LogP contribution in [0.2, 0.25) is 0 Å². The molecule has 0 saturated carbocycles. The van der Waals surface area contributed by atoms with Crippen molar-refractivity contribution < 1.29 is 0 Å². The maximum atomic E-state index is 5.33. The number of nitrogens with zero attached hydrogens (tertiary/aromatic N) is 3. The first-order valence-corrected chi connectivity index (χ1v) is 3.42. The van der Waals surface area contributed by atoms with Gasteiger partial charge in [-0.1, -0.05) is 0 Å². The van der Waals surface area contributed by atoms with Gasteiger partial charge in [0.2, 0.25) is 5.95 Å². The van der Waals surface area contributed by atoms with Crippen LogP contribution >= 0.6 is 0 Å². The molecule has 0 aliphatic heterocycles. The van der Waals surface area contributed by atoms with Crippen molar-refractivity contribution in [1.82, 2.24) is 19.9 Å². The second-order valence-electron chi connectivity index (χ2n) is 2.30. The normalized spacial score (nSPS) is 10.0. The lowest BCUT2D eigenvalue weighted by Gasteiger charge is -1.94. The van der Waals surface area contributed by atoms with Crippen molar-refractivity contribution in [3.05, 3.63) is 24.9 Å². The van der Waals surface area contributed by atoms with Gasteiger partial charge in [0.15, 0.2) is 0 Å². The van der Waals surface area contributed by atoms with E-state index in [1.807, 2.05) is 0 Å². The maximum Gasteiger partial charge on any atom is 0.219 e. The van der Waals surface area contributed by atoms with Crippen LogP contribution in [0.4, 0.5) is 5.95 Å². The van der Waals surface area contributed by atoms with Crippen LogP contribution in [0.5, 0.6) is 0 Å². The van der Waals surface area contributed by atoms with E-state index in [1.165, 1.54) is 0 Å². The Labute approximate surface area is 68.7 Å². The summed E-state index contributed by atoms with van der Waals surface area (Å²) in [6.45, 7) is 0. The van der Waals surface area contributed by atoms with Gasteiger partial charge in [0, 0.05) is 18.0 Å². The van der Waals surface area contributed by atoms with E-state index in [0.29, 0.717) is 0 Å². The Balaban J connectivity index is 2.43. The summed E-state index contributed by atoms with van der Waals surface area (Å²) in [7, 11) is 0. The largest absolute Gasteiger partial charge is 0.368 e. The van der Waals surface area contributed by atoms with Crippen molar-refractivity contribution in [3.8, 4) is 11.3 Å². The average molecular weight is 161 g/mol. The Morgan fingerprint density at radius 1 is 1.17 bits per heavy atom. The van der Waals surface area contributed by atoms with Crippen LogP contribution in [0.15, 0.2) is 24.9 Å². The van der Waals surface area contributed by atoms with Crippen molar-refractivity contribution in [3.63, 3.8) is 0 Å². The van der Waals surface area contributed by atoms with E-state index in [9.17, 15) is 0 Å². The van der Waals surface area contributed by atoms with Crippen LogP contribution in [-0.4, -0.2) is 19.9 Å². The van der Waals surface area contributed by atoms with Crippen molar-refractivity contribution in [2.24, 2.45) is 0 Å². The van der Waals surface area contributed by atoms with Crippen LogP contribution in [0, 0.1) is 0 Å². The maximum absolute atomic E-state index is 5.33. The van der Waals surface area contributed by atoms with Crippen LogP contribution in [0.3, 0.4) is 0 Å². The molecule has 0 bridgehead atoms. The number of nitrogen functional groups attached to an aromatic ring is 1. The van der Waals surface area contributed by atoms with Gasteiger partial charge in [-0.25, -0.2) is 15.0 Å². The summed E-state index contributed by atoms with van der Waals surface area (Å²) in [6.07, 6.45) is 6.60. The van der Waals surface area contributed by atoms with Gasteiger partial charge in [-0.3, -0.25) is 0 Å². The number of H-pyrrole nitrogens is 1. The molecule has 5 nitrogen and oxygen atoms in total. The zero-order valence-electron chi connectivity index (χ0n) is 6.23. The highest BCUT2D eigenvalue weighted by atomic mass is 15.0. The van der Waals surface area contributed by atoms with E-state index in [0.717, 1.165) is 11.3 Å². The first-order chi connectivity index (χ1) is 5.86. The van der Waals surface area contributed by atoms with Crippen LogP contribution in [0.25, 0.3) is 11.3 Å². The number of rotatable bonds is 1. The zero-order valence-corrected chi connectivity index (χ0v) is 6.23. The summed E-state index contributed by atoms with van der Waals surface area (Å²) in [4.78, 5) is 14.5. The van der Waals surface area contributed by atoms with Crippen LogP contribution < -0.4 is 5.73 Å². The standard InChI is InChI=1S/C7H7N5/c8-7-10-1-5(2-11-7)6-3-9-4-12-6/h1-4H,(H,9,12)(H2,8,10,11). The van der Waals surface area contributed by atoms with Gasteiger partial charge in [-0.05, 0) is 0 Å². The molecule has 3 N–H and O–H groups in total. The zero-order chi connectivity index (χ0) is 8.39. The number of hydrogen-bond donors (Lipinski definition) is 2. The molecule has 0 unspecified atom stereocenters. The second kappa shape index (κ2) is 2.61. The summed E-state index contributed by atoms with van der Waals surface area (Å²) >= 11 is 0. The highest BCUT2D eigenvalue weighted by molar-refractivity contribution is 5.55. The van der Waals surface area contributed by atoms with E-state index in [1.54, 1.807) is 24.9 Å². The van der Waals surface area contributed by atoms with E-state index in [2.05, 4.69) is 19.9 Å². The highest BCUT2D eigenvalue weighted by Crippen LogP contribution is 2.12. The molecule has 2 heterocycles. The summed E-state index contributed by atoms with van der Waals surface area (Å²) in [5.41, 5.74) is 7.09. The lowest BCUT2D eigenvalue weighted by molar-refractivity contribution is 1.18. The van der Waals surface area contributed by atoms with Crippen LogP contribution in [0.1, 0.15) is 0 Å². The quantitative estimate of drug-likeness (QED) is 0.636. The monoisotopic (exact) mass is 161 g/mol. The Bertz CT molecular complexity index is 350. The fourth-order valence-corrected chi connectivity index (χ4v) is 0.891. The minimum atomic E-state index is 0.276. The van der Waals surface area contributed by atoms with Crippen molar-refractivity contribution in [1.29, 1.82) is 0 Å². The molecule has 0 aliphatic rings. The molecule has 2 aromatic rings. The molecular weight excluding hydrogens is 154 g/mol. The van der Waals surface area contributed by atoms with Gasteiger partial charge in [-0.2, -0.15) is 0 Å². The van der Waals surface area contributed by atoms with Crippen molar-refractivity contribution in [2.45, 2.75) is 0 Å². The number of aromatic nitrogens is 4. The first kappa shape index (κ1) is 6.78. The lowest BCUT2D eigenvalue weighted by Crippen LogP contribution is -1.93. The number of hydrogen-bond acceptors (Lipinski definition) is 4. The SMILES string of the molecule is Nc1ncc(-c2cnc[nH]2)cn1. The van der Waals surface area contributed by atoms with Crippen LogP contribution in [-0.2, 0) is 0 Å². The molecule has 0 atom stereocenters. The molecule has 5 heteroatoms. The molecule has 0 radical (unpaired) electrons. The van der Waals surface area contributed by atoms with E-state index in [-0.39, 0.29) is 5.95 Å². The van der Waals surface area contributed by atoms with Gasteiger partial charge in [0.25, 0.3) is 0 Å². The Morgan fingerprint density at radius 2 is 1.92 bits per heavy atom. The second-order valence-corrected chi connectivity index (χ2v) is 2.30. The topological polar surface area (TPSA) is 80.5 Å². The number of imidazole rings is 1. The van der Waals surface area contributed by atoms with Gasteiger partial charge in [0.05, 0.1) is 18.2 Å². The summed E-state index contributed by atoms with van der Waals surface area (Å²) in [6, 6.07) is 0. The van der Waals surface area contributed by atoms with Gasteiger partial charge < -0.3 is 10.7 Å². The lowest BCUT2D eigenvalue weighted by atomic mass is 10.3. The molecule has 60 valence electrons. The predicted molar refractivity (Wildman–Crippen MR) is 44.0 cm³/mol. The third-order valence-corrected chi connectivity index (χ3v) is 1.48. The molecule has 2 aromatic heterocycles. The molecule has 0 fully saturated rings. The molecule has 2 rings (SSSR count). The average Bonchev–Trinajstić information content (AvgIpc) is 2.58. The van der Waals surface area contributed by atoms with Gasteiger partial charge in [0.1, 0.15) is 0 Å². The highest BCUT2D eigenvalue weighted by Gasteiger charge is 1.98. The number of nitrogens with two attached hydrogens (primary N) is 1. The molecular formula is C7H7N5. The summed E-state index contributed by atoms with van der Waals surface area (Å²) in [5.74, 6) is 0.276. The third-order valence-electron chi connectivity index (χ3n) is 1.48. The van der Waals surface area contributed by atoms with Crippen molar-refractivity contribution >= 4 is 5.95 Å². The van der Waals surface area contributed by atoms with E-state index < -0.39 is 0 Å². The van der Waals surface area contributed by atoms with Gasteiger partial charge in [-0.15, -0.1) is 0 Å². The van der Waals surface area contributed by atoms with Gasteiger partial charge >= 0.3 is 0 Å². The number of aromatic amines is 1. The first-order valence-electron chi connectivity index (χ1n) is 3.42. The Kier molecular flexibility index (Phi) is 1.48. The molecule has 0 amide bonds. The minimum absolute atomic E-state index is 0.276. The summed E-state index contributed by atoms with van der Waals surface area (Å²) in [5, 5.41) is 0.